The fourth-order valence-electron chi connectivity index (χ4n) is 2.98. The number of hydrogen-bond donors (Lipinski definition) is 1. The van der Waals surface area contributed by atoms with E-state index in [2.05, 4.69) is 0 Å². The van der Waals surface area contributed by atoms with Gasteiger partial charge in [0.15, 0.2) is 0 Å². The van der Waals surface area contributed by atoms with Crippen LogP contribution >= 0.6 is 0 Å². The first-order valence-electron chi connectivity index (χ1n) is 7.77. The molecule has 1 aliphatic heterocycles. The predicted octanol–water partition coefficient (Wildman–Crippen LogP) is 2.04. The summed E-state index contributed by atoms with van der Waals surface area (Å²) in [6, 6.07) is 6.92. The van der Waals surface area contributed by atoms with E-state index < -0.39 is 11.4 Å². The first kappa shape index (κ1) is 17.3. The van der Waals surface area contributed by atoms with E-state index in [1.54, 1.807) is 29.2 Å². The summed E-state index contributed by atoms with van der Waals surface area (Å²) in [5.74, 6) is -0.361. The Labute approximate surface area is 136 Å². The average molecular weight is 321 g/mol. The highest BCUT2D eigenvalue weighted by atomic mass is 16.5. The first-order valence-corrected chi connectivity index (χ1v) is 7.77. The first-order chi connectivity index (χ1) is 11.0. The van der Waals surface area contributed by atoms with Gasteiger partial charge < -0.3 is 19.5 Å². The lowest BCUT2D eigenvalue weighted by Crippen LogP contribution is -2.52. The maximum atomic E-state index is 12.6. The smallest absolute Gasteiger partial charge is 0.313 e. The van der Waals surface area contributed by atoms with Crippen LogP contribution in [0.4, 0.5) is 0 Å². The molecule has 126 valence electrons. The monoisotopic (exact) mass is 321 g/mol. The Hall–Kier alpha value is -2.08. The van der Waals surface area contributed by atoms with Crippen LogP contribution in [-0.2, 0) is 9.53 Å². The molecule has 1 amide bonds. The van der Waals surface area contributed by atoms with Crippen LogP contribution in [0.25, 0.3) is 0 Å². The molecule has 1 saturated heterocycles. The number of piperidine rings is 1. The van der Waals surface area contributed by atoms with Gasteiger partial charge in [0.05, 0.1) is 13.2 Å². The number of amides is 1. The minimum absolute atomic E-state index is 0.107. The molecule has 1 atom stereocenters. The van der Waals surface area contributed by atoms with E-state index in [0.717, 1.165) is 0 Å². The highest BCUT2D eigenvalue weighted by molar-refractivity contribution is 5.94. The Morgan fingerprint density at radius 3 is 2.57 bits per heavy atom. The van der Waals surface area contributed by atoms with Crippen molar-refractivity contribution in [2.75, 3.05) is 33.4 Å². The maximum absolute atomic E-state index is 12.6. The summed E-state index contributed by atoms with van der Waals surface area (Å²) in [4.78, 5) is 25.9. The van der Waals surface area contributed by atoms with Crippen LogP contribution in [0.5, 0.6) is 5.75 Å². The van der Waals surface area contributed by atoms with Crippen molar-refractivity contribution in [2.45, 2.75) is 19.8 Å². The van der Waals surface area contributed by atoms with Crippen molar-refractivity contribution < 1.29 is 24.2 Å². The third kappa shape index (κ3) is 3.82. The van der Waals surface area contributed by atoms with Crippen LogP contribution in [0.15, 0.2) is 24.3 Å². The largest absolute Gasteiger partial charge is 0.494 e. The number of rotatable bonds is 6. The van der Waals surface area contributed by atoms with Gasteiger partial charge >= 0.3 is 5.97 Å². The minimum Gasteiger partial charge on any atom is -0.494 e. The second-order valence-electron chi connectivity index (χ2n) is 5.81. The molecule has 6 heteroatoms. The van der Waals surface area contributed by atoms with Crippen LogP contribution < -0.4 is 4.74 Å². The predicted molar refractivity (Wildman–Crippen MR) is 84.7 cm³/mol. The van der Waals surface area contributed by atoms with Gasteiger partial charge in [-0.15, -0.1) is 0 Å². The summed E-state index contributed by atoms with van der Waals surface area (Å²) in [6.45, 7) is 3.30. The van der Waals surface area contributed by atoms with Crippen molar-refractivity contribution in [3.05, 3.63) is 29.8 Å². The van der Waals surface area contributed by atoms with Gasteiger partial charge in [0.1, 0.15) is 11.2 Å². The molecule has 6 nitrogen and oxygen atoms in total. The zero-order valence-corrected chi connectivity index (χ0v) is 13.6. The number of benzene rings is 1. The normalized spacial score (nSPS) is 21.0. The zero-order valence-electron chi connectivity index (χ0n) is 13.6. The van der Waals surface area contributed by atoms with E-state index in [1.165, 1.54) is 7.11 Å². The highest BCUT2D eigenvalue weighted by Crippen LogP contribution is 2.31. The Bertz CT molecular complexity index is 553. The van der Waals surface area contributed by atoms with Crippen molar-refractivity contribution in [3.8, 4) is 5.75 Å². The Kier molecular flexibility index (Phi) is 5.60. The van der Waals surface area contributed by atoms with Crippen molar-refractivity contribution >= 4 is 11.9 Å². The lowest BCUT2D eigenvalue weighted by molar-refractivity contribution is -0.155. The van der Waals surface area contributed by atoms with Crippen molar-refractivity contribution in [2.24, 2.45) is 5.41 Å². The number of carbonyl (C=O) groups is 2. The molecule has 2 rings (SSSR count). The molecular weight excluding hydrogens is 298 g/mol. The summed E-state index contributed by atoms with van der Waals surface area (Å²) in [5, 5.41) is 9.55. The lowest BCUT2D eigenvalue weighted by atomic mass is 9.80. The molecule has 1 aromatic carbocycles. The summed E-state index contributed by atoms with van der Waals surface area (Å²) in [7, 11) is 1.48. The molecule has 1 aromatic rings. The van der Waals surface area contributed by atoms with Gasteiger partial charge in [-0.3, -0.25) is 9.59 Å². The van der Waals surface area contributed by atoms with Gasteiger partial charge in [0.25, 0.3) is 5.91 Å². The molecule has 0 saturated carbocycles. The van der Waals surface area contributed by atoms with E-state index in [1.807, 2.05) is 6.92 Å². The molecule has 0 bridgehead atoms. The number of hydrogen-bond acceptors (Lipinski definition) is 4. The van der Waals surface area contributed by atoms with Gasteiger partial charge in [0, 0.05) is 25.8 Å². The molecule has 0 aromatic heterocycles. The molecule has 0 aliphatic carbocycles. The van der Waals surface area contributed by atoms with Gasteiger partial charge in [-0.1, -0.05) is 0 Å². The average Bonchev–Trinajstić information content (AvgIpc) is 2.55. The Morgan fingerprint density at radius 1 is 1.30 bits per heavy atom. The topological polar surface area (TPSA) is 76.1 Å². The molecule has 1 aliphatic rings. The summed E-state index contributed by atoms with van der Waals surface area (Å²) >= 11 is 0. The summed E-state index contributed by atoms with van der Waals surface area (Å²) in [6.07, 6.45) is 1.17. The number of carboxylic acids is 1. The summed E-state index contributed by atoms with van der Waals surface area (Å²) in [5.41, 5.74) is -0.486. The molecule has 23 heavy (non-hydrogen) atoms. The molecule has 1 N–H and O–H groups in total. The number of carboxylic acid groups (broad SMARTS) is 1. The van der Waals surface area contributed by atoms with Gasteiger partial charge in [0.2, 0.25) is 0 Å². The van der Waals surface area contributed by atoms with Crippen molar-refractivity contribution in [3.63, 3.8) is 0 Å². The summed E-state index contributed by atoms with van der Waals surface area (Å²) < 4.78 is 10.5. The molecule has 1 heterocycles. The molecule has 1 unspecified atom stereocenters. The number of likely N-dealkylation sites (tertiary alicyclic amines) is 1. The number of nitrogens with zero attached hydrogens (tertiary/aromatic N) is 1. The van der Waals surface area contributed by atoms with Gasteiger partial charge in [-0.25, -0.2) is 0 Å². The minimum atomic E-state index is -1.02. The van der Waals surface area contributed by atoms with Crippen LogP contribution in [0, 0.1) is 5.41 Å². The van der Waals surface area contributed by atoms with Crippen molar-refractivity contribution in [1.82, 2.24) is 4.90 Å². The lowest BCUT2D eigenvalue weighted by Gasteiger charge is -2.39. The standard InChI is InChI=1S/C17H23NO5/c1-3-23-14-7-5-13(6-8-14)15(19)18-10-4-9-17(11-18,12-22-2)16(20)21/h5-8H,3-4,9-12H2,1-2H3,(H,20,21). The second kappa shape index (κ2) is 7.46. The number of aliphatic carboxylic acids is 1. The molecule has 0 spiro atoms. The van der Waals surface area contributed by atoms with E-state index in [4.69, 9.17) is 9.47 Å². The van der Waals surface area contributed by atoms with Gasteiger partial charge in [-0.2, -0.15) is 0 Å². The zero-order chi connectivity index (χ0) is 16.9. The van der Waals surface area contributed by atoms with Crippen molar-refractivity contribution in [1.29, 1.82) is 0 Å². The van der Waals surface area contributed by atoms with Gasteiger partial charge in [-0.05, 0) is 44.0 Å². The SMILES string of the molecule is CCOc1ccc(C(=O)N2CCCC(COC)(C(=O)O)C2)cc1. The third-order valence-corrected chi connectivity index (χ3v) is 4.15. The third-order valence-electron chi connectivity index (χ3n) is 4.15. The van der Waals surface area contributed by atoms with E-state index in [0.29, 0.717) is 37.3 Å². The Balaban J connectivity index is 2.13. The highest BCUT2D eigenvalue weighted by Gasteiger charge is 2.43. The van der Waals surface area contributed by atoms with Crippen LogP contribution in [-0.4, -0.2) is 55.3 Å². The number of methoxy groups -OCH3 is 1. The fourth-order valence-corrected chi connectivity index (χ4v) is 2.98. The number of carbonyl (C=O) groups excluding carboxylic acids is 1. The molecule has 1 fully saturated rings. The van der Waals surface area contributed by atoms with Crippen LogP contribution in [0.3, 0.4) is 0 Å². The number of ether oxygens (including phenoxy) is 2. The fraction of sp³-hybridized carbons (Fsp3) is 0.529. The van der Waals surface area contributed by atoms with Crippen LogP contribution in [0.1, 0.15) is 30.1 Å². The van der Waals surface area contributed by atoms with E-state index in [9.17, 15) is 14.7 Å². The molecular formula is C17H23NO5. The maximum Gasteiger partial charge on any atom is 0.313 e. The van der Waals surface area contributed by atoms with E-state index >= 15 is 0 Å². The second-order valence-corrected chi connectivity index (χ2v) is 5.81. The van der Waals surface area contributed by atoms with Crippen LogP contribution in [0.2, 0.25) is 0 Å². The quantitative estimate of drug-likeness (QED) is 0.867. The molecule has 0 radical (unpaired) electrons. The van der Waals surface area contributed by atoms with E-state index in [-0.39, 0.29) is 19.1 Å². The Morgan fingerprint density at radius 2 is 2.00 bits per heavy atom.